The molecule has 1 amide bonds. The zero-order valence-electron chi connectivity index (χ0n) is 15.1. The van der Waals surface area contributed by atoms with Gasteiger partial charge < -0.3 is 10.1 Å². The minimum atomic E-state index is -0.165. The van der Waals surface area contributed by atoms with Gasteiger partial charge in [-0.3, -0.25) is 9.78 Å². The summed E-state index contributed by atoms with van der Waals surface area (Å²) in [7, 11) is 1.67. The molecule has 1 N–H and O–H groups in total. The molecule has 0 radical (unpaired) electrons. The summed E-state index contributed by atoms with van der Waals surface area (Å²) < 4.78 is 5.31. The number of nitrogens with one attached hydrogen (secondary N) is 1. The molecule has 2 heterocycles. The minimum absolute atomic E-state index is 0.00911. The molecule has 0 bridgehead atoms. The maximum absolute atomic E-state index is 12.7. The Bertz CT molecular complexity index is 942. The van der Waals surface area contributed by atoms with E-state index in [4.69, 9.17) is 4.74 Å². The number of methoxy groups -OCH3 is 1. The lowest BCUT2D eigenvalue weighted by Crippen LogP contribution is -2.31. The van der Waals surface area contributed by atoms with Crippen LogP contribution in [0.3, 0.4) is 0 Å². The second kappa shape index (κ2) is 7.53. The van der Waals surface area contributed by atoms with Crippen LogP contribution in [-0.2, 0) is 6.42 Å². The average molecular weight is 360 g/mol. The Morgan fingerprint density at radius 1 is 1.19 bits per heavy atom. The highest BCUT2D eigenvalue weighted by Gasteiger charge is 2.23. The quantitative estimate of drug-likeness (QED) is 0.772. The fourth-order valence-electron chi connectivity index (χ4n) is 3.40. The number of pyridine rings is 1. The van der Waals surface area contributed by atoms with Crippen molar-refractivity contribution in [3.05, 3.63) is 71.8 Å². The topological polar surface area (TPSA) is 77.0 Å². The van der Waals surface area contributed by atoms with Gasteiger partial charge in [0.15, 0.2) is 5.82 Å². The number of carbonyl (C=O) groups excluding carboxylic acids is 1. The van der Waals surface area contributed by atoms with Crippen LogP contribution in [0.5, 0.6) is 5.75 Å². The molecule has 0 unspecified atom stereocenters. The Balaban J connectivity index is 1.50. The van der Waals surface area contributed by atoms with E-state index in [-0.39, 0.29) is 11.9 Å². The number of hydrogen-bond acceptors (Lipinski definition) is 5. The summed E-state index contributed by atoms with van der Waals surface area (Å²) in [5.41, 5.74) is 3.65. The summed E-state index contributed by atoms with van der Waals surface area (Å²) >= 11 is 0. The highest BCUT2D eigenvalue weighted by atomic mass is 16.5. The molecular weight excluding hydrogens is 340 g/mol. The van der Waals surface area contributed by atoms with Crippen molar-refractivity contribution in [1.82, 2.24) is 20.3 Å². The molecule has 0 spiro atoms. The molecule has 0 aliphatic heterocycles. The first kappa shape index (κ1) is 17.1. The van der Waals surface area contributed by atoms with Crippen molar-refractivity contribution in [3.63, 3.8) is 0 Å². The molecule has 2 aromatic heterocycles. The molecule has 1 atom stereocenters. The van der Waals surface area contributed by atoms with E-state index in [0.717, 1.165) is 36.1 Å². The molecule has 1 aliphatic rings. The summed E-state index contributed by atoms with van der Waals surface area (Å²) in [6.45, 7) is 0. The summed E-state index contributed by atoms with van der Waals surface area (Å²) in [4.78, 5) is 25.3. The standard InChI is InChI=1S/C21H20N4O2/c1-27-17-7-8-18-14(10-17)4-2-6-19(18)25-21(26)16-12-23-20(24-13-16)15-5-3-9-22-11-15/h3,5,7-13,19H,2,4,6H2,1H3,(H,25,26)/t19-/m1/s1. The Labute approximate surface area is 157 Å². The van der Waals surface area contributed by atoms with Gasteiger partial charge >= 0.3 is 0 Å². The molecule has 6 heteroatoms. The Morgan fingerprint density at radius 2 is 2.04 bits per heavy atom. The predicted molar refractivity (Wildman–Crippen MR) is 101 cm³/mol. The first-order chi connectivity index (χ1) is 13.2. The molecule has 4 rings (SSSR count). The van der Waals surface area contributed by atoms with Crippen LogP contribution in [0.25, 0.3) is 11.4 Å². The maximum atomic E-state index is 12.7. The minimum Gasteiger partial charge on any atom is -0.497 e. The number of nitrogens with zero attached hydrogens (tertiary/aromatic N) is 3. The van der Waals surface area contributed by atoms with Crippen molar-refractivity contribution in [2.75, 3.05) is 7.11 Å². The molecule has 3 aromatic rings. The lowest BCUT2D eigenvalue weighted by molar-refractivity contribution is 0.0932. The number of aromatic nitrogens is 3. The molecule has 6 nitrogen and oxygen atoms in total. The van der Waals surface area contributed by atoms with Crippen LogP contribution < -0.4 is 10.1 Å². The first-order valence-electron chi connectivity index (χ1n) is 8.95. The average Bonchev–Trinajstić information content (AvgIpc) is 2.74. The van der Waals surface area contributed by atoms with Crippen molar-refractivity contribution >= 4 is 5.91 Å². The van der Waals surface area contributed by atoms with Crippen molar-refractivity contribution < 1.29 is 9.53 Å². The zero-order chi connectivity index (χ0) is 18.6. The van der Waals surface area contributed by atoms with E-state index in [2.05, 4.69) is 26.3 Å². The van der Waals surface area contributed by atoms with E-state index in [1.165, 1.54) is 5.56 Å². The van der Waals surface area contributed by atoms with Gasteiger partial charge in [0.2, 0.25) is 0 Å². The third-order valence-corrected chi connectivity index (χ3v) is 4.80. The van der Waals surface area contributed by atoms with Gasteiger partial charge in [0, 0.05) is 30.4 Å². The van der Waals surface area contributed by atoms with E-state index < -0.39 is 0 Å². The highest BCUT2D eigenvalue weighted by Crippen LogP contribution is 2.32. The third kappa shape index (κ3) is 3.65. The van der Waals surface area contributed by atoms with Gasteiger partial charge in [0.25, 0.3) is 5.91 Å². The van der Waals surface area contributed by atoms with Gasteiger partial charge in [-0.1, -0.05) is 6.07 Å². The molecule has 136 valence electrons. The predicted octanol–water partition coefficient (Wildman–Crippen LogP) is 3.35. The fourth-order valence-corrected chi connectivity index (χ4v) is 3.40. The van der Waals surface area contributed by atoms with Crippen molar-refractivity contribution in [2.24, 2.45) is 0 Å². The lowest BCUT2D eigenvalue weighted by Gasteiger charge is -2.26. The molecule has 27 heavy (non-hydrogen) atoms. The SMILES string of the molecule is COc1ccc2c(c1)CCC[C@H]2NC(=O)c1cnc(-c2cccnc2)nc1. The van der Waals surface area contributed by atoms with E-state index in [1.807, 2.05) is 24.3 Å². The zero-order valence-corrected chi connectivity index (χ0v) is 15.1. The van der Waals surface area contributed by atoms with Crippen LogP contribution >= 0.6 is 0 Å². The summed E-state index contributed by atoms with van der Waals surface area (Å²) in [5, 5.41) is 3.12. The van der Waals surface area contributed by atoms with Gasteiger partial charge in [-0.25, -0.2) is 9.97 Å². The number of benzene rings is 1. The third-order valence-electron chi connectivity index (χ3n) is 4.80. The molecule has 1 aromatic carbocycles. The molecule has 0 saturated carbocycles. The summed E-state index contributed by atoms with van der Waals surface area (Å²) in [5.74, 6) is 1.23. The van der Waals surface area contributed by atoms with Crippen molar-refractivity contribution in [3.8, 4) is 17.1 Å². The van der Waals surface area contributed by atoms with E-state index in [1.54, 1.807) is 31.9 Å². The second-order valence-electron chi connectivity index (χ2n) is 6.52. The normalized spacial score (nSPS) is 15.7. The van der Waals surface area contributed by atoms with Crippen LogP contribution in [0.1, 0.15) is 40.4 Å². The molecular formula is C21H20N4O2. The van der Waals surface area contributed by atoms with Gasteiger partial charge in [0.05, 0.1) is 18.7 Å². The second-order valence-corrected chi connectivity index (χ2v) is 6.52. The molecule has 0 saturated heterocycles. The van der Waals surface area contributed by atoms with Gasteiger partial charge in [-0.2, -0.15) is 0 Å². The fraction of sp³-hybridized carbons (Fsp3) is 0.238. The number of rotatable bonds is 4. The van der Waals surface area contributed by atoms with E-state index in [0.29, 0.717) is 11.4 Å². The summed E-state index contributed by atoms with van der Waals surface area (Å²) in [6, 6.07) is 9.74. The summed E-state index contributed by atoms with van der Waals surface area (Å²) in [6.07, 6.45) is 9.46. The van der Waals surface area contributed by atoms with Crippen LogP contribution in [0, 0.1) is 0 Å². The number of hydrogen-bond donors (Lipinski definition) is 1. The van der Waals surface area contributed by atoms with E-state index >= 15 is 0 Å². The highest BCUT2D eigenvalue weighted by molar-refractivity contribution is 5.94. The van der Waals surface area contributed by atoms with Crippen LogP contribution in [0.4, 0.5) is 0 Å². The monoisotopic (exact) mass is 360 g/mol. The van der Waals surface area contributed by atoms with Crippen LogP contribution in [-0.4, -0.2) is 28.0 Å². The largest absolute Gasteiger partial charge is 0.497 e. The van der Waals surface area contributed by atoms with Gasteiger partial charge in [-0.05, 0) is 54.7 Å². The smallest absolute Gasteiger partial charge is 0.254 e. The Hall–Kier alpha value is -3.28. The number of aryl methyl sites for hydroxylation is 1. The maximum Gasteiger partial charge on any atom is 0.254 e. The van der Waals surface area contributed by atoms with Crippen LogP contribution in [0.15, 0.2) is 55.1 Å². The number of fused-ring (bicyclic) bond motifs is 1. The van der Waals surface area contributed by atoms with Crippen molar-refractivity contribution in [1.29, 1.82) is 0 Å². The van der Waals surface area contributed by atoms with Gasteiger partial charge in [-0.15, -0.1) is 0 Å². The van der Waals surface area contributed by atoms with Crippen LogP contribution in [0.2, 0.25) is 0 Å². The molecule has 0 fully saturated rings. The van der Waals surface area contributed by atoms with Crippen molar-refractivity contribution in [2.45, 2.75) is 25.3 Å². The molecule has 1 aliphatic carbocycles. The lowest BCUT2D eigenvalue weighted by atomic mass is 9.87. The number of ether oxygens (including phenoxy) is 1. The Kier molecular flexibility index (Phi) is 4.78. The Morgan fingerprint density at radius 3 is 2.78 bits per heavy atom. The number of amides is 1. The van der Waals surface area contributed by atoms with E-state index in [9.17, 15) is 4.79 Å². The van der Waals surface area contributed by atoms with Gasteiger partial charge in [0.1, 0.15) is 5.75 Å². The number of carbonyl (C=O) groups is 1. The first-order valence-corrected chi connectivity index (χ1v) is 8.95.